The van der Waals surface area contributed by atoms with Crippen LogP contribution in [0.2, 0.25) is 0 Å². The highest BCUT2D eigenvalue weighted by atomic mass is 79.9. The summed E-state index contributed by atoms with van der Waals surface area (Å²) < 4.78 is 1.99. The Morgan fingerprint density at radius 1 is 1.00 bits per heavy atom. The first-order valence-electron chi connectivity index (χ1n) is 5.71. The van der Waals surface area contributed by atoms with Crippen molar-refractivity contribution in [2.75, 3.05) is 0 Å². The molecule has 0 fully saturated rings. The molecule has 0 amide bonds. The van der Waals surface area contributed by atoms with E-state index in [-0.39, 0.29) is 5.11 Å². The van der Waals surface area contributed by atoms with Crippen molar-refractivity contribution < 1.29 is 0 Å². The predicted octanol–water partition coefficient (Wildman–Crippen LogP) is 3.80. The van der Waals surface area contributed by atoms with E-state index in [2.05, 4.69) is 42.4 Å². The molecule has 3 N–H and O–H groups in total. The Morgan fingerprint density at radius 2 is 1.70 bits per heavy atom. The normalized spacial score (nSPS) is 11.2. The number of nitrogens with one attached hydrogen (secondary N) is 1. The van der Waals surface area contributed by atoms with Crippen LogP contribution in [0.4, 0.5) is 0 Å². The fourth-order valence-electron chi connectivity index (χ4n) is 1.65. The lowest BCUT2D eigenvalue weighted by Gasteiger charge is -2.08. The van der Waals surface area contributed by atoms with Gasteiger partial charge in [-0.2, -0.15) is 5.10 Å². The van der Waals surface area contributed by atoms with Gasteiger partial charge in [0.05, 0.1) is 5.71 Å². The number of hydrogen-bond acceptors (Lipinski definition) is 2. The molecule has 6 heteroatoms. The van der Waals surface area contributed by atoms with Crippen LogP contribution in [0.1, 0.15) is 11.1 Å². The SMILES string of the molecule is NC(=S)N/N=C(\c1ccc(Br)cc1)c1cccc(Br)c1. The monoisotopic (exact) mass is 411 g/mol. The third-order valence-corrected chi connectivity index (χ3v) is 3.61. The highest BCUT2D eigenvalue weighted by molar-refractivity contribution is 9.10. The van der Waals surface area contributed by atoms with Gasteiger partial charge in [0.1, 0.15) is 0 Å². The molecule has 0 saturated heterocycles. The Bertz CT molecular complexity index is 654. The standard InChI is InChI=1S/C14H11Br2N3S/c15-11-6-4-9(5-7-11)13(18-19-14(17)20)10-2-1-3-12(16)8-10/h1-8H,(H3,17,19,20)/b18-13+. The number of benzene rings is 2. The van der Waals surface area contributed by atoms with Crippen LogP contribution in [0.25, 0.3) is 0 Å². The van der Waals surface area contributed by atoms with Crippen LogP contribution in [0.15, 0.2) is 62.6 Å². The van der Waals surface area contributed by atoms with Crippen LogP contribution >= 0.6 is 44.1 Å². The summed E-state index contributed by atoms with van der Waals surface area (Å²) in [6.45, 7) is 0. The molecule has 0 bridgehead atoms. The molecule has 0 spiro atoms. The molecule has 2 aromatic carbocycles. The number of hydrazone groups is 1. The Hall–Kier alpha value is -1.24. The van der Waals surface area contributed by atoms with E-state index >= 15 is 0 Å². The van der Waals surface area contributed by atoms with Crippen molar-refractivity contribution in [1.82, 2.24) is 5.43 Å². The second-order valence-electron chi connectivity index (χ2n) is 3.95. The molecule has 0 aliphatic rings. The van der Waals surface area contributed by atoms with Gasteiger partial charge in [0, 0.05) is 20.1 Å². The maximum Gasteiger partial charge on any atom is 0.184 e. The van der Waals surface area contributed by atoms with E-state index < -0.39 is 0 Å². The van der Waals surface area contributed by atoms with Gasteiger partial charge in [0.25, 0.3) is 0 Å². The van der Waals surface area contributed by atoms with E-state index in [1.807, 2.05) is 48.5 Å². The van der Waals surface area contributed by atoms with Crippen LogP contribution in [0.3, 0.4) is 0 Å². The topological polar surface area (TPSA) is 50.4 Å². The lowest BCUT2D eigenvalue weighted by molar-refractivity contribution is 1.03. The molecule has 0 aliphatic heterocycles. The molecule has 0 saturated carbocycles. The summed E-state index contributed by atoms with van der Waals surface area (Å²) in [5.41, 5.74) is 10.8. The van der Waals surface area contributed by atoms with E-state index in [0.717, 1.165) is 25.8 Å². The van der Waals surface area contributed by atoms with Gasteiger partial charge >= 0.3 is 0 Å². The highest BCUT2D eigenvalue weighted by Crippen LogP contribution is 2.18. The van der Waals surface area contributed by atoms with Crippen molar-refractivity contribution in [3.05, 3.63) is 68.6 Å². The average molecular weight is 413 g/mol. The van der Waals surface area contributed by atoms with Gasteiger partial charge in [-0.15, -0.1) is 0 Å². The molecule has 102 valence electrons. The number of thiocarbonyl (C=S) groups is 1. The molecule has 0 aromatic heterocycles. The minimum Gasteiger partial charge on any atom is -0.375 e. The Labute approximate surface area is 139 Å². The van der Waals surface area contributed by atoms with E-state index in [4.69, 9.17) is 18.0 Å². The second kappa shape index (κ2) is 6.97. The summed E-state index contributed by atoms with van der Waals surface area (Å²) in [6, 6.07) is 15.8. The number of rotatable bonds is 3. The smallest absolute Gasteiger partial charge is 0.184 e. The average Bonchev–Trinajstić information content (AvgIpc) is 2.41. The lowest BCUT2D eigenvalue weighted by atomic mass is 10.0. The first-order valence-corrected chi connectivity index (χ1v) is 7.70. The van der Waals surface area contributed by atoms with E-state index in [0.29, 0.717) is 0 Å². The minimum atomic E-state index is 0.134. The van der Waals surface area contributed by atoms with Gasteiger partial charge in [-0.05, 0) is 36.5 Å². The van der Waals surface area contributed by atoms with Crippen LogP contribution in [-0.2, 0) is 0 Å². The first kappa shape index (κ1) is 15.2. The lowest BCUT2D eigenvalue weighted by Crippen LogP contribution is -2.26. The molecule has 0 aliphatic carbocycles. The summed E-state index contributed by atoms with van der Waals surface area (Å²) in [6.07, 6.45) is 0. The molecule has 0 heterocycles. The van der Waals surface area contributed by atoms with Gasteiger partial charge in [-0.3, -0.25) is 5.43 Å². The molecule has 3 nitrogen and oxygen atoms in total. The van der Waals surface area contributed by atoms with E-state index in [1.165, 1.54) is 0 Å². The number of nitrogens with two attached hydrogens (primary N) is 1. The molecule has 20 heavy (non-hydrogen) atoms. The van der Waals surface area contributed by atoms with Gasteiger partial charge in [0.15, 0.2) is 5.11 Å². The molecular weight excluding hydrogens is 402 g/mol. The fraction of sp³-hybridized carbons (Fsp3) is 0. The molecule has 0 radical (unpaired) electrons. The second-order valence-corrected chi connectivity index (χ2v) is 6.22. The van der Waals surface area contributed by atoms with Crippen molar-refractivity contribution in [3.8, 4) is 0 Å². The molecule has 2 rings (SSSR count). The van der Waals surface area contributed by atoms with Gasteiger partial charge in [-0.1, -0.05) is 56.1 Å². The van der Waals surface area contributed by atoms with Crippen molar-refractivity contribution >= 4 is 54.9 Å². The van der Waals surface area contributed by atoms with Crippen molar-refractivity contribution in [2.45, 2.75) is 0 Å². The van der Waals surface area contributed by atoms with Gasteiger partial charge in [-0.25, -0.2) is 0 Å². The number of halogens is 2. The van der Waals surface area contributed by atoms with Crippen LogP contribution in [0.5, 0.6) is 0 Å². The number of hydrogen-bond donors (Lipinski definition) is 2. The zero-order valence-corrected chi connectivity index (χ0v) is 14.3. The Kier molecular flexibility index (Phi) is 5.28. The van der Waals surface area contributed by atoms with Crippen molar-refractivity contribution in [1.29, 1.82) is 0 Å². The molecule has 2 aromatic rings. The first-order chi connectivity index (χ1) is 9.56. The zero-order valence-electron chi connectivity index (χ0n) is 10.3. The van der Waals surface area contributed by atoms with E-state index in [1.54, 1.807) is 0 Å². The highest BCUT2D eigenvalue weighted by Gasteiger charge is 2.08. The maximum atomic E-state index is 5.45. The summed E-state index contributed by atoms with van der Waals surface area (Å²) in [5.74, 6) is 0. The predicted molar refractivity (Wildman–Crippen MR) is 93.8 cm³/mol. The summed E-state index contributed by atoms with van der Waals surface area (Å²) in [7, 11) is 0. The van der Waals surface area contributed by atoms with Gasteiger partial charge in [0.2, 0.25) is 0 Å². The van der Waals surface area contributed by atoms with Crippen LogP contribution in [-0.4, -0.2) is 10.8 Å². The van der Waals surface area contributed by atoms with Crippen molar-refractivity contribution in [2.24, 2.45) is 10.8 Å². The largest absolute Gasteiger partial charge is 0.375 e. The van der Waals surface area contributed by atoms with Gasteiger partial charge < -0.3 is 5.73 Å². The minimum absolute atomic E-state index is 0.134. The summed E-state index contributed by atoms with van der Waals surface area (Å²) >= 11 is 11.7. The van der Waals surface area contributed by atoms with Crippen LogP contribution in [0, 0.1) is 0 Å². The van der Waals surface area contributed by atoms with Crippen molar-refractivity contribution in [3.63, 3.8) is 0 Å². The quantitative estimate of drug-likeness (QED) is 0.458. The fourth-order valence-corrected chi connectivity index (χ4v) is 2.36. The van der Waals surface area contributed by atoms with Crippen LogP contribution < -0.4 is 11.2 Å². The molecule has 0 unspecified atom stereocenters. The summed E-state index contributed by atoms with van der Waals surface area (Å²) in [5, 5.41) is 4.43. The third kappa shape index (κ3) is 4.13. The third-order valence-electron chi connectivity index (χ3n) is 2.49. The number of nitrogens with zero attached hydrogens (tertiary/aromatic N) is 1. The molecular formula is C14H11Br2N3S. The maximum absolute atomic E-state index is 5.45. The molecule has 0 atom stereocenters. The zero-order chi connectivity index (χ0) is 14.5. The van der Waals surface area contributed by atoms with E-state index in [9.17, 15) is 0 Å². The Morgan fingerprint density at radius 3 is 2.30 bits per heavy atom. The Balaban J connectivity index is 2.47. The summed E-state index contributed by atoms with van der Waals surface area (Å²) in [4.78, 5) is 0.